The van der Waals surface area contributed by atoms with Crippen LogP contribution in [0.25, 0.3) is 10.9 Å². The fourth-order valence-corrected chi connectivity index (χ4v) is 3.99. The molecule has 5 rings (SSSR count). The molecule has 0 saturated carbocycles. The van der Waals surface area contributed by atoms with Crippen molar-refractivity contribution in [3.8, 4) is 11.5 Å². The van der Waals surface area contributed by atoms with Crippen LogP contribution < -0.4 is 4.74 Å². The van der Waals surface area contributed by atoms with Crippen LogP contribution in [0, 0.1) is 30.2 Å². The van der Waals surface area contributed by atoms with Gasteiger partial charge in [0.25, 0.3) is 0 Å². The summed E-state index contributed by atoms with van der Waals surface area (Å²) >= 11 is 0. The van der Waals surface area contributed by atoms with E-state index in [0.717, 1.165) is 18.2 Å². The quantitative estimate of drug-likeness (QED) is 0.309. The number of aryl methyl sites for hydroxylation is 1. The van der Waals surface area contributed by atoms with Crippen LogP contribution in [0.2, 0.25) is 0 Å². The monoisotopic (exact) mass is 469 g/mol. The van der Waals surface area contributed by atoms with E-state index in [4.69, 9.17) is 14.2 Å². The van der Waals surface area contributed by atoms with Gasteiger partial charge < -0.3 is 14.2 Å². The second-order valence-electron chi connectivity index (χ2n) is 8.15. The molecule has 1 aliphatic heterocycles. The van der Waals surface area contributed by atoms with Gasteiger partial charge in [0.2, 0.25) is 0 Å². The van der Waals surface area contributed by atoms with Crippen LogP contribution in [0.1, 0.15) is 16.8 Å². The minimum absolute atomic E-state index is 0.0300. The normalized spacial score (nSPS) is 14.7. The molecule has 0 bridgehead atoms. The third-order valence-corrected chi connectivity index (χ3v) is 5.70. The highest BCUT2D eigenvalue weighted by atomic mass is 19.1. The van der Waals surface area contributed by atoms with E-state index >= 15 is 4.39 Å². The number of aromatic nitrogens is 1. The van der Waals surface area contributed by atoms with E-state index in [9.17, 15) is 13.2 Å². The lowest BCUT2D eigenvalue weighted by Crippen LogP contribution is -2.49. The molecular formula is C26H19F4NO3. The number of rotatable bonds is 6. The number of halogens is 4. The third-order valence-electron chi connectivity index (χ3n) is 5.70. The highest BCUT2D eigenvalue weighted by molar-refractivity contribution is 5.81. The van der Waals surface area contributed by atoms with Gasteiger partial charge in [0.05, 0.1) is 31.1 Å². The fourth-order valence-electron chi connectivity index (χ4n) is 3.99. The van der Waals surface area contributed by atoms with Gasteiger partial charge in [-0.05, 0) is 48.9 Å². The van der Waals surface area contributed by atoms with E-state index in [1.165, 1.54) is 18.2 Å². The topological polar surface area (TPSA) is 40.6 Å². The molecule has 34 heavy (non-hydrogen) atoms. The van der Waals surface area contributed by atoms with Gasteiger partial charge in [-0.15, -0.1) is 0 Å². The lowest BCUT2D eigenvalue weighted by Gasteiger charge is -2.42. The molecule has 4 nitrogen and oxygen atoms in total. The molecule has 8 heteroatoms. The van der Waals surface area contributed by atoms with Crippen LogP contribution >= 0.6 is 0 Å². The molecule has 2 heterocycles. The van der Waals surface area contributed by atoms with Crippen LogP contribution in [0.4, 0.5) is 17.6 Å². The Morgan fingerprint density at radius 1 is 0.882 bits per heavy atom. The smallest absolute Gasteiger partial charge is 0.149 e. The summed E-state index contributed by atoms with van der Waals surface area (Å²) in [6.45, 7) is 1.56. The number of para-hydroxylation sites is 1. The summed E-state index contributed by atoms with van der Waals surface area (Å²) in [6.07, 6.45) is 0. The van der Waals surface area contributed by atoms with Gasteiger partial charge in [-0.2, -0.15) is 0 Å². The van der Waals surface area contributed by atoms with Crippen molar-refractivity contribution in [1.29, 1.82) is 0 Å². The third kappa shape index (κ3) is 4.10. The lowest BCUT2D eigenvalue weighted by molar-refractivity contribution is -0.224. The van der Waals surface area contributed by atoms with E-state index in [1.807, 2.05) is 0 Å². The van der Waals surface area contributed by atoms with Gasteiger partial charge in [-0.25, -0.2) is 22.5 Å². The second-order valence-corrected chi connectivity index (χ2v) is 8.15. The number of benzene rings is 3. The zero-order valence-corrected chi connectivity index (χ0v) is 18.1. The molecule has 174 valence electrons. The number of pyridine rings is 1. The van der Waals surface area contributed by atoms with Crippen LogP contribution in [-0.4, -0.2) is 18.2 Å². The first-order chi connectivity index (χ1) is 16.3. The highest BCUT2D eigenvalue weighted by Gasteiger charge is 2.46. The SMILES string of the molecule is Cc1nc2c(F)cccc2cc1Oc1cccc(F)c1C1(OCc2cc(F)cc(F)c2)COC1. The van der Waals surface area contributed by atoms with Crippen LogP contribution in [-0.2, 0) is 21.7 Å². The molecule has 0 atom stereocenters. The standard InChI is InChI=1S/C26H19F4NO3/c1-15-23(10-17-4-2-6-21(30)25(17)31-15)34-22-7-3-5-20(29)24(22)26(13-32-14-26)33-12-16-8-18(27)11-19(28)9-16/h2-11H,12-14H2,1H3. The van der Waals surface area contributed by atoms with Crippen molar-refractivity contribution in [2.75, 3.05) is 13.2 Å². The molecule has 4 aromatic rings. The number of fused-ring (bicyclic) bond motifs is 1. The minimum atomic E-state index is -1.21. The van der Waals surface area contributed by atoms with Crippen LogP contribution in [0.5, 0.6) is 11.5 Å². The summed E-state index contributed by atoms with van der Waals surface area (Å²) in [4.78, 5) is 4.29. The van der Waals surface area contributed by atoms with Crippen LogP contribution in [0.15, 0.2) is 60.7 Å². The second kappa shape index (κ2) is 8.70. The Labute approximate surface area is 192 Å². The lowest BCUT2D eigenvalue weighted by atomic mass is 9.90. The summed E-state index contributed by atoms with van der Waals surface area (Å²) < 4.78 is 73.8. The van der Waals surface area contributed by atoms with Crippen molar-refractivity contribution in [3.05, 3.63) is 101 Å². The number of hydrogen-bond donors (Lipinski definition) is 0. The molecule has 0 amide bonds. The maximum absolute atomic E-state index is 15.1. The molecular weight excluding hydrogens is 450 g/mol. The van der Waals surface area contributed by atoms with Crippen molar-refractivity contribution in [1.82, 2.24) is 4.98 Å². The van der Waals surface area contributed by atoms with E-state index in [1.54, 1.807) is 31.2 Å². The Balaban J connectivity index is 1.50. The van der Waals surface area contributed by atoms with E-state index in [0.29, 0.717) is 16.8 Å². The Morgan fingerprint density at radius 3 is 2.29 bits per heavy atom. The van der Waals surface area contributed by atoms with Crippen LogP contribution in [0.3, 0.4) is 0 Å². The van der Waals surface area contributed by atoms with Crippen molar-refractivity contribution >= 4 is 10.9 Å². The fraction of sp³-hybridized carbons (Fsp3) is 0.192. The van der Waals surface area contributed by atoms with E-state index < -0.39 is 28.9 Å². The average Bonchev–Trinajstić information content (AvgIpc) is 2.75. The summed E-state index contributed by atoms with van der Waals surface area (Å²) in [5, 5.41) is 0.532. The van der Waals surface area contributed by atoms with Crippen molar-refractivity contribution < 1.29 is 31.8 Å². The molecule has 1 aliphatic rings. The maximum atomic E-state index is 15.1. The van der Waals surface area contributed by atoms with Crippen molar-refractivity contribution in [3.63, 3.8) is 0 Å². The summed E-state index contributed by atoms with van der Waals surface area (Å²) in [5.74, 6) is -2.00. The molecule has 0 N–H and O–H groups in total. The maximum Gasteiger partial charge on any atom is 0.149 e. The number of nitrogens with zero attached hydrogens (tertiary/aromatic N) is 1. The Kier molecular flexibility index (Phi) is 5.71. The largest absolute Gasteiger partial charge is 0.455 e. The Morgan fingerprint density at radius 2 is 1.59 bits per heavy atom. The molecule has 0 radical (unpaired) electrons. The first kappa shape index (κ1) is 22.3. The summed E-state index contributed by atoms with van der Waals surface area (Å²) in [5.41, 5.74) is -0.200. The molecule has 3 aromatic carbocycles. The number of hydrogen-bond acceptors (Lipinski definition) is 4. The van der Waals surface area contributed by atoms with Crippen molar-refractivity contribution in [2.45, 2.75) is 19.1 Å². The molecule has 1 aromatic heterocycles. The molecule has 1 saturated heterocycles. The molecule has 1 fully saturated rings. The van der Waals surface area contributed by atoms with Gasteiger partial charge in [0.15, 0.2) is 0 Å². The minimum Gasteiger partial charge on any atom is -0.455 e. The number of ether oxygens (including phenoxy) is 3. The Hall–Kier alpha value is -3.49. The predicted octanol–water partition coefficient (Wildman–Crippen LogP) is 6.33. The first-order valence-corrected chi connectivity index (χ1v) is 10.5. The average molecular weight is 469 g/mol. The molecule has 0 unspecified atom stereocenters. The van der Waals surface area contributed by atoms with Gasteiger partial charge in [0.1, 0.15) is 45.9 Å². The van der Waals surface area contributed by atoms with E-state index in [-0.39, 0.29) is 42.2 Å². The van der Waals surface area contributed by atoms with Gasteiger partial charge in [-0.3, -0.25) is 0 Å². The molecule has 0 spiro atoms. The Bertz CT molecular complexity index is 1370. The summed E-state index contributed by atoms with van der Waals surface area (Å²) in [7, 11) is 0. The van der Waals surface area contributed by atoms with Gasteiger partial charge in [-0.1, -0.05) is 18.2 Å². The first-order valence-electron chi connectivity index (χ1n) is 10.5. The zero-order valence-electron chi connectivity index (χ0n) is 18.1. The molecule has 0 aliphatic carbocycles. The summed E-state index contributed by atoms with van der Waals surface area (Å²) in [6, 6.07) is 13.6. The van der Waals surface area contributed by atoms with E-state index in [2.05, 4.69) is 4.98 Å². The zero-order chi connectivity index (χ0) is 23.9. The predicted molar refractivity (Wildman–Crippen MR) is 117 cm³/mol. The van der Waals surface area contributed by atoms with Gasteiger partial charge >= 0.3 is 0 Å². The van der Waals surface area contributed by atoms with Gasteiger partial charge in [0, 0.05) is 11.5 Å². The highest BCUT2D eigenvalue weighted by Crippen LogP contribution is 2.43. The van der Waals surface area contributed by atoms with Crippen molar-refractivity contribution in [2.24, 2.45) is 0 Å².